The fourth-order valence-electron chi connectivity index (χ4n) is 2.07. The van der Waals surface area contributed by atoms with Crippen LogP contribution >= 0.6 is 15.9 Å². The van der Waals surface area contributed by atoms with E-state index < -0.39 is 0 Å². The predicted octanol–water partition coefficient (Wildman–Crippen LogP) is 3.59. The molecule has 1 N–H and O–H groups in total. The molecule has 1 aromatic carbocycles. The number of hydrogen-bond acceptors (Lipinski definition) is 3. The van der Waals surface area contributed by atoms with Crippen LogP contribution in [-0.2, 0) is 13.1 Å². The number of nitrogens with one attached hydrogen (secondary N) is 1. The molecule has 0 saturated carbocycles. The maximum Gasteiger partial charge on any atom is 0.147 e. The van der Waals surface area contributed by atoms with Crippen LogP contribution < -0.4 is 5.32 Å². The van der Waals surface area contributed by atoms with Gasteiger partial charge in [0.05, 0.1) is 6.54 Å². The minimum Gasteiger partial charge on any atom is -0.308 e. The van der Waals surface area contributed by atoms with Crippen LogP contribution in [0.25, 0.3) is 0 Å². The first-order valence-corrected chi connectivity index (χ1v) is 7.94. The standard InChI is InChI=1S/C16H23BrN4/c1-11-19-12(2)21(20-11)10-14-7-6-13(8-15(14)17)9-18-16(3,4)5/h6-8,18H,9-10H2,1-5H3. The van der Waals surface area contributed by atoms with E-state index in [-0.39, 0.29) is 5.54 Å². The fraction of sp³-hybridized carbons (Fsp3) is 0.500. The second kappa shape index (κ2) is 6.28. The molecule has 114 valence electrons. The van der Waals surface area contributed by atoms with Crippen LogP contribution in [0.4, 0.5) is 0 Å². The van der Waals surface area contributed by atoms with Gasteiger partial charge < -0.3 is 5.32 Å². The molecule has 0 unspecified atom stereocenters. The molecule has 1 aromatic heterocycles. The van der Waals surface area contributed by atoms with Crippen LogP contribution in [0.15, 0.2) is 22.7 Å². The first kappa shape index (κ1) is 16.2. The van der Waals surface area contributed by atoms with E-state index in [2.05, 4.69) is 70.3 Å². The van der Waals surface area contributed by atoms with Gasteiger partial charge in [-0.3, -0.25) is 0 Å². The summed E-state index contributed by atoms with van der Waals surface area (Å²) in [5.74, 6) is 1.76. The van der Waals surface area contributed by atoms with Gasteiger partial charge in [-0.05, 0) is 51.8 Å². The van der Waals surface area contributed by atoms with Crippen LogP contribution in [0.3, 0.4) is 0 Å². The molecular formula is C16H23BrN4. The summed E-state index contributed by atoms with van der Waals surface area (Å²) >= 11 is 3.67. The Hall–Kier alpha value is -1.20. The van der Waals surface area contributed by atoms with Gasteiger partial charge in [0.2, 0.25) is 0 Å². The van der Waals surface area contributed by atoms with E-state index in [0.717, 1.165) is 29.2 Å². The Kier molecular flexibility index (Phi) is 4.84. The highest BCUT2D eigenvalue weighted by Crippen LogP contribution is 2.20. The van der Waals surface area contributed by atoms with Crippen molar-refractivity contribution in [1.82, 2.24) is 20.1 Å². The van der Waals surface area contributed by atoms with Gasteiger partial charge in [-0.25, -0.2) is 9.67 Å². The van der Waals surface area contributed by atoms with Crippen molar-refractivity contribution in [3.8, 4) is 0 Å². The molecule has 0 radical (unpaired) electrons. The minimum absolute atomic E-state index is 0.126. The van der Waals surface area contributed by atoms with E-state index in [4.69, 9.17) is 0 Å². The lowest BCUT2D eigenvalue weighted by molar-refractivity contribution is 0.424. The topological polar surface area (TPSA) is 42.7 Å². The Morgan fingerprint density at radius 2 is 1.95 bits per heavy atom. The molecule has 2 rings (SSSR count). The Balaban J connectivity index is 2.10. The molecule has 2 aromatic rings. The lowest BCUT2D eigenvalue weighted by atomic mass is 10.1. The minimum atomic E-state index is 0.126. The van der Waals surface area contributed by atoms with Gasteiger partial charge in [-0.15, -0.1) is 0 Å². The first-order valence-electron chi connectivity index (χ1n) is 7.15. The van der Waals surface area contributed by atoms with Crippen molar-refractivity contribution in [2.24, 2.45) is 0 Å². The Labute approximate surface area is 135 Å². The van der Waals surface area contributed by atoms with Gasteiger partial charge in [0.1, 0.15) is 11.6 Å². The van der Waals surface area contributed by atoms with Gasteiger partial charge >= 0.3 is 0 Å². The third-order valence-electron chi connectivity index (χ3n) is 3.22. The monoisotopic (exact) mass is 350 g/mol. The normalized spacial score (nSPS) is 11.9. The highest BCUT2D eigenvalue weighted by Gasteiger charge is 2.10. The summed E-state index contributed by atoms with van der Waals surface area (Å²) in [6.07, 6.45) is 0. The summed E-state index contributed by atoms with van der Waals surface area (Å²) in [6, 6.07) is 6.49. The average Bonchev–Trinajstić information content (AvgIpc) is 2.67. The van der Waals surface area contributed by atoms with Gasteiger partial charge in [-0.2, -0.15) is 5.10 Å². The molecule has 0 aliphatic carbocycles. The molecule has 0 bridgehead atoms. The molecule has 0 spiro atoms. The SMILES string of the molecule is Cc1nc(C)n(Cc2ccc(CNC(C)(C)C)cc2Br)n1. The largest absolute Gasteiger partial charge is 0.308 e. The highest BCUT2D eigenvalue weighted by atomic mass is 79.9. The molecular weight excluding hydrogens is 328 g/mol. The lowest BCUT2D eigenvalue weighted by Gasteiger charge is -2.20. The van der Waals surface area contributed by atoms with Crippen molar-refractivity contribution >= 4 is 15.9 Å². The molecule has 5 heteroatoms. The summed E-state index contributed by atoms with van der Waals surface area (Å²) in [6.45, 7) is 12.0. The quantitative estimate of drug-likeness (QED) is 0.915. The van der Waals surface area contributed by atoms with Gasteiger partial charge in [0.25, 0.3) is 0 Å². The molecule has 21 heavy (non-hydrogen) atoms. The molecule has 0 aliphatic heterocycles. The van der Waals surface area contributed by atoms with Crippen molar-refractivity contribution in [2.75, 3.05) is 0 Å². The van der Waals surface area contributed by atoms with Crippen molar-refractivity contribution in [1.29, 1.82) is 0 Å². The van der Waals surface area contributed by atoms with Crippen LogP contribution in [0.5, 0.6) is 0 Å². The first-order chi connectivity index (χ1) is 9.74. The number of aromatic nitrogens is 3. The maximum absolute atomic E-state index is 4.41. The number of benzene rings is 1. The van der Waals surface area contributed by atoms with Crippen molar-refractivity contribution in [3.05, 3.63) is 45.4 Å². The smallest absolute Gasteiger partial charge is 0.147 e. The molecule has 0 atom stereocenters. The van der Waals surface area contributed by atoms with E-state index in [1.807, 2.05) is 18.5 Å². The Bertz CT molecular complexity index is 626. The summed E-state index contributed by atoms with van der Waals surface area (Å²) in [4.78, 5) is 4.34. The summed E-state index contributed by atoms with van der Waals surface area (Å²) in [7, 11) is 0. The van der Waals surface area contributed by atoms with E-state index in [1.165, 1.54) is 11.1 Å². The van der Waals surface area contributed by atoms with Gasteiger partial charge in [0, 0.05) is 16.6 Å². The third kappa shape index (κ3) is 4.64. The summed E-state index contributed by atoms with van der Waals surface area (Å²) in [5.41, 5.74) is 2.61. The number of rotatable bonds is 4. The molecule has 0 saturated heterocycles. The summed E-state index contributed by atoms with van der Waals surface area (Å²) in [5, 5.41) is 7.91. The van der Waals surface area contributed by atoms with E-state index >= 15 is 0 Å². The van der Waals surface area contributed by atoms with Crippen molar-refractivity contribution in [2.45, 2.75) is 53.2 Å². The van der Waals surface area contributed by atoms with E-state index in [0.29, 0.717) is 0 Å². The number of hydrogen-bond donors (Lipinski definition) is 1. The van der Waals surface area contributed by atoms with Crippen LogP contribution in [-0.4, -0.2) is 20.3 Å². The number of halogens is 1. The summed E-state index contributed by atoms with van der Waals surface area (Å²) < 4.78 is 3.05. The van der Waals surface area contributed by atoms with Crippen LogP contribution in [0.1, 0.15) is 43.5 Å². The van der Waals surface area contributed by atoms with Gasteiger partial charge in [0.15, 0.2) is 0 Å². The molecule has 4 nitrogen and oxygen atoms in total. The molecule has 0 aliphatic rings. The van der Waals surface area contributed by atoms with Crippen LogP contribution in [0, 0.1) is 13.8 Å². The maximum atomic E-state index is 4.41. The van der Waals surface area contributed by atoms with Gasteiger partial charge in [-0.1, -0.05) is 28.1 Å². The number of nitrogens with zero attached hydrogens (tertiary/aromatic N) is 3. The van der Waals surface area contributed by atoms with Crippen LogP contribution in [0.2, 0.25) is 0 Å². The predicted molar refractivity (Wildman–Crippen MR) is 89.3 cm³/mol. The second-order valence-electron chi connectivity index (χ2n) is 6.39. The van der Waals surface area contributed by atoms with Crippen molar-refractivity contribution in [3.63, 3.8) is 0 Å². The zero-order valence-electron chi connectivity index (χ0n) is 13.4. The highest BCUT2D eigenvalue weighted by molar-refractivity contribution is 9.10. The lowest BCUT2D eigenvalue weighted by Crippen LogP contribution is -2.35. The molecule has 1 heterocycles. The Morgan fingerprint density at radius 1 is 1.24 bits per heavy atom. The zero-order valence-corrected chi connectivity index (χ0v) is 15.0. The molecule has 0 fully saturated rings. The average molecular weight is 351 g/mol. The Morgan fingerprint density at radius 3 is 2.48 bits per heavy atom. The second-order valence-corrected chi connectivity index (χ2v) is 7.25. The van der Waals surface area contributed by atoms with E-state index in [1.54, 1.807) is 0 Å². The third-order valence-corrected chi connectivity index (χ3v) is 3.96. The number of aryl methyl sites for hydroxylation is 2. The fourth-order valence-corrected chi connectivity index (χ4v) is 2.62. The van der Waals surface area contributed by atoms with E-state index in [9.17, 15) is 0 Å². The molecule has 0 amide bonds. The van der Waals surface area contributed by atoms with Crippen molar-refractivity contribution < 1.29 is 0 Å². The zero-order chi connectivity index (χ0) is 15.6.